The van der Waals surface area contributed by atoms with Crippen molar-refractivity contribution in [3.63, 3.8) is 0 Å². The van der Waals surface area contributed by atoms with E-state index in [-0.39, 0.29) is 5.91 Å². The number of benzene rings is 3. The zero-order valence-corrected chi connectivity index (χ0v) is 20.6. The van der Waals surface area contributed by atoms with Gasteiger partial charge in [0.2, 0.25) is 0 Å². The highest BCUT2D eigenvalue weighted by Gasteiger charge is 2.33. The van der Waals surface area contributed by atoms with Crippen LogP contribution in [0.3, 0.4) is 0 Å². The quantitative estimate of drug-likeness (QED) is 0.204. The third-order valence-electron chi connectivity index (χ3n) is 5.06. The summed E-state index contributed by atoms with van der Waals surface area (Å²) in [7, 11) is 0. The molecule has 1 aliphatic heterocycles. The van der Waals surface area contributed by atoms with E-state index in [0.717, 1.165) is 22.6 Å². The van der Waals surface area contributed by atoms with Gasteiger partial charge < -0.3 is 9.47 Å². The van der Waals surface area contributed by atoms with Crippen LogP contribution >= 0.6 is 35.6 Å². The lowest BCUT2D eigenvalue weighted by molar-refractivity contribution is -0.113. The largest absolute Gasteiger partial charge is 0.489 e. The number of rotatable bonds is 7. The molecule has 0 bridgehead atoms. The van der Waals surface area contributed by atoms with Crippen molar-refractivity contribution >= 4 is 57.6 Å². The summed E-state index contributed by atoms with van der Waals surface area (Å²) in [5.74, 6) is 1.33. The normalized spacial score (nSPS) is 14.8. The molecular weight excluding hydrogens is 474 g/mol. The van der Waals surface area contributed by atoms with Gasteiger partial charge in [-0.1, -0.05) is 72.0 Å². The molecule has 0 aliphatic carbocycles. The maximum Gasteiger partial charge on any atom is 0.270 e. The summed E-state index contributed by atoms with van der Waals surface area (Å²) >= 11 is 12.9. The van der Waals surface area contributed by atoms with E-state index >= 15 is 0 Å². The topological polar surface area (TPSA) is 38.8 Å². The number of aryl methyl sites for hydroxylation is 2. The van der Waals surface area contributed by atoms with Gasteiger partial charge in [-0.25, -0.2) is 0 Å². The molecular formula is C26H22ClNO3S2. The van der Waals surface area contributed by atoms with Gasteiger partial charge in [-0.3, -0.25) is 9.69 Å². The lowest BCUT2D eigenvalue weighted by Crippen LogP contribution is -2.27. The minimum Gasteiger partial charge on any atom is -0.489 e. The molecule has 0 radical (unpaired) electrons. The highest BCUT2D eigenvalue weighted by atomic mass is 35.5. The molecule has 3 aromatic rings. The first-order chi connectivity index (χ1) is 15.9. The van der Waals surface area contributed by atoms with Gasteiger partial charge >= 0.3 is 0 Å². The third-order valence-corrected chi connectivity index (χ3v) is 6.60. The number of ether oxygens (including phenoxy) is 2. The molecule has 168 valence electrons. The molecule has 1 saturated heterocycles. The Bertz CT molecular complexity index is 1210. The van der Waals surface area contributed by atoms with Gasteiger partial charge in [0, 0.05) is 10.6 Å². The fraction of sp³-hybridized carbons (Fsp3) is 0.154. The third kappa shape index (κ3) is 5.41. The van der Waals surface area contributed by atoms with Crippen molar-refractivity contribution in [2.45, 2.75) is 13.8 Å². The maximum absolute atomic E-state index is 13.1. The number of anilines is 1. The highest BCUT2D eigenvalue weighted by molar-refractivity contribution is 8.27. The molecule has 1 amide bonds. The standard InChI is InChI=1S/C26H22ClNO3S2/c1-17-7-6-8-18(2)24(17)31-14-13-30-22-12-11-20(27)15-19(22)16-23-25(29)28(26(32)33-23)21-9-4-3-5-10-21/h3-12,15-16H,13-14H2,1-2H3/b23-16-. The smallest absolute Gasteiger partial charge is 0.270 e. The number of nitrogens with zero attached hydrogens (tertiary/aromatic N) is 1. The average Bonchev–Trinajstić information content (AvgIpc) is 3.07. The van der Waals surface area contributed by atoms with Crippen LogP contribution in [0.15, 0.2) is 71.6 Å². The Morgan fingerprint density at radius 2 is 1.67 bits per heavy atom. The molecule has 1 fully saturated rings. The molecule has 4 nitrogen and oxygen atoms in total. The van der Waals surface area contributed by atoms with Crippen molar-refractivity contribution in [3.8, 4) is 11.5 Å². The summed E-state index contributed by atoms with van der Waals surface area (Å²) in [6.45, 7) is 4.78. The second kappa shape index (κ2) is 10.4. The second-order valence-corrected chi connectivity index (χ2v) is 9.56. The second-order valence-electron chi connectivity index (χ2n) is 7.45. The summed E-state index contributed by atoms with van der Waals surface area (Å²) in [4.78, 5) is 15.1. The monoisotopic (exact) mass is 495 g/mol. The van der Waals surface area contributed by atoms with Crippen molar-refractivity contribution in [2.75, 3.05) is 18.1 Å². The number of thiocarbonyl (C=S) groups is 1. The Hall–Kier alpha value is -2.80. The zero-order valence-electron chi connectivity index (χ0n) is 18.2. The van der Waals surface area contributed by atoms with Crippen LogP contribution in [0.5, 0.6) is 11.5 Å². The summed E-state index contributed by atoms with van der Waals surface area (Å²) in [6.07, 6.45) is 1.77. The number of hydrogen-bond acceptors (Lipinski definition) is 5. The molecule has 33 heavy (non-hydrogen) atoms. The van der Waals surface area contributed by atoms with E-state index in [1.54, 1.807) is 24.3 Å². The molecule has 3 aromatic carbocycles. The van der Waals surface area contributed by atoms with Gasteiger partial charge in [0.1, 0.15) is 24.7 Å². The molecule has 1 aliphatic rings. The number of hydrogen-bond donors (Lipinski definition) is 0. The predicted molar refractivity (Wildman–Crippen MR) is 140 cm³/mol. The van der Waals surface area contributed by atoms with Crippen molar-refractivity contribution in [1.82, 2.24) is 0 Å². The lowest BCUT2D eigenvalue weighted by atomic mass is 10.1. The van der Waals surface area contributed by atoms with E-state index in [9.17, 15) is 4.79 Å². The van der Waals surface area contributed by atoms with E-state index in [0.29, 0.717) is 38.8 Å². The zero-order chi connectivity index (χ0) is 23.4. The summed E-state index contributed by atoms with van der Waals surface area (Å²) in [6, 6.07) is 20.8. The summed E-state index contributed by atoms with van der Waals surface area (Å²) in [5.41, 5.74) is 3.63. The van der Waals surface area contributed by atoms with Gasteiger partial charge in [0.25, 0.3) is 5.91 Å². The van der Waals surface area contributed by atoms with Gasteiger partial charge in [0.05, 0.1) is 10.6 Å². The molecule has 0 atom stereocenters. The molecule has 0 N–H and O–H groups in total. The lowest BCUT2D eigenvalue weighted by Gasteiger charge is -2.14. The summed E-state index contributed by atoms with van der Waals surface area (Å²) < 4.78 is 12.4. The van der Waals surface area contributed by atoms with Gasteiger partial charge in [-0.05, 0) is 61.4 Å². The molecule has 1 heterocycles. The molecule has 0 spiro atoms. The van der Waals surface area contributed by atoms with Gasteiger partial charge in [0.15, 0.2) is 4.32 Å². The molecule has 0 aromatic heterocycles. The van der Waals surface area contributed by atoms with Crippen LogP contribution in [0.4, 0.5) is 5.69 Å². The minimum atomic E-state index is -0.166. The number of thioether (sulfide) groups is 1. The van der Waals surface area contributed by atoms with Crippen molar-refractivity contribution in [2.24, 2.45) is 0 Å². The Morgan fingerprint density at radius 3 is 2.39 bits per heavy atom. The number of para-hydroxylation sites is 2. The summed E-state index contributed by atoms with van der Waals surface area (Å²) in [5, 5.41) is 0.555. The van der Waals surface area contributed by atoms with Gasteiger partial charge in [-0.15, -0.1) is 0 Å². The minimum absolute atomic E-state index is 0.166. The van der Waals surface area contributed by atoms with E-state index in [2.05, 4.69) is 0 Å². The number of carbonyl (C=O) groups excluding carboxylic acids is 1. The highest BCUT2D eigenvalue weighted by Crippen LogP contribution is 2.37. The van der Waals surface area contributed by atoms with E-state index in [1.807, 2.05) is 62.4 Å². The molecule has 4 rings (SSSR count). The van der Waals surface area contributed by atoms with Crippen LogP contribution in [0, 0.1) is 13.8 Å². The van der Waals surface area contributed by atoms with Crippen molar-refractivity contribution in [3.05, 3.63) is 93.3 Å². The van der Waals surface area contributed by atoms with Crippen LogP contribution < -0.4 is 14.4 Å². The number of amides is 1. The molecule has 0 unspecified atom stereocenters. The maximum atomic E-state index is 13.1. The average molecular weight is 496 g/mol. The van der Waals surface area contributed by atoms with Gasteiger partial charge in [-0.2, -0.15) is 0 Å². The molecule has 0 saturated carbocycles. The van der Waals surface area contributed by atoms with Crippen LogP contribution in [0.2, 0.25) is 5.02 Å². The fourth-order valence-electron chi connectivity index (χ4n) is 3.49. The Labute approximate surface area is 208 Å². The van der Waals surface area contributed by atoms with E-state index in [1.165, 1.54) is 16.7 Å². The van der Waals surface area contributed by atoms with Crippen LogP contribution in [0.25, 0.3) is 6.08 Å². The van der Waals surface area contributed by atoms with Crippen LogP contribution in [0.1, 0.15) is 16.7 Å². The Balaban J connectivity index is 1.49. The fourth-order valence-corrected chi connectivity index (χ4v) is 4.96. The van der Waals surface area contributed by atoms with Crippen LogP contribution in [-0.2, 0) is 4.79 Å². The van der Waals surface area contributed by atoms with E-state index < -0.39 is 0 Å². The van der Waals surface area contributed by atoms with Crippen molar-refractivity contribution in [1.29, 1.82) is 0 Å². The predicted octanol–water partition coefficient (Wildman–Crippen LogP) is 6.82. The van der Waals surface area contributed by atoms with E-state index in [4.69, 9.17) is 33.3 Å². The Kier molecular flexibility index (Phi) is 7.38. The number of halogens is 1. The SMILES string of the molecule is Cc1cccc(C)c1OCCOc1ccc(Cl)cc1/C=C1\SC(=S)N(c2ccccc2)C1=O. The number of carbonyl (C=O) groups is 1. The van der Waals surface area contributed by atoms with Crippen LogP contribution in [-0.4, -0.2) is 23.4 Å². The first kappa shape index (κ1) is 23.4. The first-order valence-corrected chi connectivity index (χ1v) is 12.0. The molecule has 7 heteroatoms. The Morgan fingerprint density at radius 1 is 0.970 bits per heavy atom. The first-order valence-electron chi connectivity index (χ1n) is 10.4. The van der Waals surface area contributed by atoms with Crippen molar-refractivity contribution < 1.29 is 14.3 Å².